The van der Waals surface area contributed by atoms with Gasteiger partial charge < -0.3 is 4.74 Å². The van der Waals surface area contributed by atoms with E-state index in [-0.39, 0.29) is 16.3 Å². The van der Waals surface area contributed by atoms with Crippen LogP contribution in [0.2, 0.25) is 0 Å². The average molecular weight is 300 g/mol. The average Bonchev–Trinajstić information content (AvgIpc) is 2.13. The number of rotatable bonds is 4. The van der Waals surface area contributed by atoms with Crippen LogP contribution < -0.4 is 9.46 Å². The Morgan fingerprint density at radius 1 is 1.24 bits per heavy atom. The van der Waals surface area contributed by atoms with Gasteiger partial charge in [-0.25, -0.2) is 16.8 Å². The maximum atomic E-state index is 11.1. The van der Waals surface area contributed by atoms with Crippen LogP contribution in [0.5, 0.6) is 5.75 Å². The zero-order chi connectivity index (χ0) is 13.3. The van der Waals surface area contributed by atoms with E-state index in [1.54, 1.807) is 0 Å². The monoisotopic (exact) mass is 299 g/mol. The van der Waals surface area contributed by atoms with E-state index in [2.05, 4.69) is 4.72 Å². The van der Waals surface area contributed by atoms with E-state index < -0.39 is 19.1 Å². The number of halogens is 1. The lowest BCUT2D eigenvalue weighted by Crippen LogP contribution is -2.11. The van der Waals surface area contributed by atoms with Gasteiger partial charge in [-0.3, -0.25) is 4.72 Å². The molecule has 0 amide bonds. The molecule has 0 aliphatic carbocycles. The van der Waals surface area contributed by atoms with E-state index in [9.17, 15) is 16.8 Å². The summed E-state index contributed by atoms with van der Waals surface area (Å²) in [4.78, 5) is -0.217. The third kappa shape index (κ3) is 4.06. The highest BCUT2D eigenvalue weighted by Crippen LogP contribution is 2.29. The quantitative estimate of drug-likeness (QED) is 0.838. The minimum absolute atomic E-state index is 0.0109. The Bertz CT molecular complexity index is 623. The zero-order valence-electron chi connectivity index (χ0n) is 8.97. The van der Waals surface area contributed by atoms with E-state index in [4.69, 9.17) is 15.4 Å². The van der Waals surface area contributed by atoms with Crippen molar-refractivity contribution >= 4 is 35.4 Å². The van der Waals surface area contributed by atoms with Crippen molar-refractivity contribution in [3.63, 3.8) is 0 Å². The molecule has 0 heterocycles. The standard InChI is InChI=1S/C8H10ClNO5S2/c1-15-8-4-3-6(17(9,13)14)5-7(8)10-16(2,11)12/h3-5,10H,1-2H3. The van der Waals surface area contributed by atoms with Gasteiger partial charge in [0, 0.05) is 10.7 Å². The molecule has 0 aromatic heterocycles. The Hall–Kier alpha value is -0.990. The molecule has 0 radical (unpaired) electrons. The van der Waals surface area contributed by atoms with Crippen molar-refractivity contribution in [3.8, 4) is 5.75 Å². The normalized spacial score (nSPS) is 12.2. The third-order valence-electron chi connectivity index (χ3n) is 1.75. The van der Waals surface area contributed by atoms with E-state index >= 15 is 0 Å². The number of anilines is 1. The van der Waals surface area contributed by atoms with Gasteiger partial charge in [-0.1, -0.05) is 0 Å². The molecule has 0 saturated heterocycles. The van der Waals surface area contributed by atoms with Crippen molar-refractivity contribution < 1.29 is 21.6 Å². The van der Waals surface area contributed by atoms with Gasteiger partial charge in [-0.2, -0.15) is 0 Å². The lowest BCUT2D eigenvalue weighted by Gasteiger charge is -2.10. The lowest BCUT2D eigenvalue weighted by molar-refractivity contribution is 0.416. The molecule has 1 rings (SSSR count). The highest BCUT2D eigenvalue weighted by Gasteiger charge is 2.15. The first kappa shape index (κ1) is 14.1. The fourth-order valence-corrected chi connectivity index (χ4v) is 2.45. The summed E-state index contributed by atoms with van der Waals surface area (Å²) in [6, 6.07) is 3.61. The van der Waals surface area contributed by atoms with Crippen LogP contribution in [-0.2, 0) is 19.1 Å². The largest absolute Gasteiger partial charge is 0.495 e. The van der Waals surface area contributed by atoms with Gasteiger partial charge in [0.25, 0.3) is 9.05 Å². The predicted octanol–water partition coefficient (Wildman–Crippen LogP) is 0.994. The van der Waals surface area contributed by atoms with Crippen LogP contribution >= 0.6 is 10.7 Å². The van der Waals surface area contributed by atoms with E-state index in [1.165, 1.54) is 19.2 Å². The first-order valence-corrected chi connectivity index (χ1v) is 8.44. The molecule has 0 aliphatic heterocycles. The summed E-state index contributed by atoms with van der Waals surface area (Å²) in [5, 5.41) is 0. The van der Waals surface area contributed by atoms with Gasteiger partial charge >= 0.3 is 0 Å². The molecule has 0 bridgehead atoms. The van der Waals surface area contributed by atoms with E-state index in [1.807, 2.05) is 0 Å². The molecule has 0 atom stereocenters. The first-order chi connectivity index (χ1) is 7.63. The molecule has 1 aromatic carbocycles. The number of methoxy groups -OCH3 is 1. The molecule has 17 heavy (non-hydrogen) atoms. The van der Waals surface area contributed by atoms with Gasteiger partial charge in [-0.15, -0.1) is 0 Å². The maximum Gasteiger partial charge on any atom is 0.261 e. The molecule has 0 aliphatic rings. The van der Waals surface area contributed by atoms with Crippen molar-refractivity contribution in [2.75, 3.05) is 18.1 Å². The number of benzene rings is 1. The second kappa shape index (κ2) is 4.71. The van der Waals surface area contributed by atoms with Crippen molar-refractivity contribution in [2.24, 2.45) is 0 Å². The van der Waals surface area contributed by atoms with Gasteiger partial charge in [-0.05, 0) is 18.2 Å². The van der Waals surface area contributed by atoms with E-state index in [0.717, 1.165) is 12.3 Å². The number of hydrogen-bond donors (Lipinski definition) is 1. The number of sulfonamides is 1. The summed E-state index contributed by atoms with van der Waals surface area (Å²) in [6.07, 6.45) is 0.939. The Kier molecular flexibility index (Phi) is 3.90. The van der Waals surface area contributed by atoms with Gasteiger partial charge in [0.05, 0.1) is 23.9 Å². The first-order valence-electron chi connectivity index (χ1n) is 4.24. The molecule has 9 heteroatoms. The Morgan fingerprint density at radius 3 is 2.24 bits per heavy atom. The molecule has 96 valence electrons. The molecule has 6 nitrogen and oxygen atoms in total. The summed E-state index contributed by atoms with van der Waals surface area (Å²) >= 11 is 0. The summed E-state index contributed by atoms with van der Waals surface area (Å²) in [5.74, 6) is 0.194. The molecule has 0 unspecified atom stereocenters. The minimum atomic E-state index is -3.92. The summed E-state index contributed by atoms with van der Waals surface area (Å²) in [5.41, 5.74) is 0.0109. The van der Waals surface area contributed by atoms with Crippen LogP contribution in [0.15, 0.2) is 23.1 Å². The van der Waals surface area contributed by atoms with Crippen molar-refractivity contribution in [3.05, 3.63) is 18.2 Å². The van der Waals surface area contributed by atoms with Crippen molar-refractivity contribution in [2.45, 2.75) is 4.90 Å². The molecular weight excluding hydrogens is 290 g/mol. The zero-order valence-corrected chi connectivity index (χ0v) is 11.4. The Labute approximate surface area is 104 Å². The van der Waals surface area contributed by atoms with Crippen molar-refractivity contribution in [1.82, 2.24) is 0 Å². The Balaban J connectivity index is 3.35. The smallest absolute Gasteiger partial charge is 0.261 e. The predicted molar refractivity (Wildman–Crippen MR) is 64.5 cm³/mol. The number of nitrogens with one attached hydrogen (secondary N) is 1. The lowest BCUT2D eigenvalue weighted by atomic mass is 10.3. The van der Waals surface area contributed by atoms with Gasteiger partial charge in [0.15, 0.2) is 0 Å². The minimum Gasteiger partial charge on any atom is -0.495 e. The van der Waals surface area contributed by atoms with Gasteiger partial charge in [0.2, 0.25) is 10.0 Å². The fourth-order valence-electron chi connectivity index (χ4n) is 1.12. The van der Waals surface area contributed by atoms with Crippen LogP contribution in [0, 0.1) is 0 Å². The molecule has 0 saturated carbocycles. The van der Waals surface area contributed by atoms with Crippen molar-refractivity contribution in [1.29, 1.82) is 0 Å². The molecular formula is C8H10ClNO5S2. The number of hydrogen-bond acceptors (Lipinski definition) is 5. The third-order valence-corrected chi connectivity index (χ3v) is 3.69. The second-order valence-corrected chi connectivity index (χ2v) is 7.49. The molecule has 0 fully saturated rings. The molecule has 0 spiro atoms. The Morgan fingerprint density at radius 2 is 1.82 bits per heavy atom. The second-order valence-electron chi connectivity index (χ2n) is 3.17. The SMILES string of the molecule is COc1ccc(S(=O)(=O)Cl)cc1NS(C)(=O)=O. The van der Waals surface area contributed by atoms with Crippen LogP contribution in [0.4, 0.5) is 5.69 Å². The highest BCUT2D eigenvalue weighted by molar-refractivity contribution is 8.13. The van der Waals surface area contributed by atoms with Crippen LogP contribution in [0.25, 0.3) is 0 Å². The summed E-state index contributed by atoms with van der Waals surface area (Å²) in [7, 11) is -0.981. The molecule has 1 N–H and O–H groups in total. The van der Waals surface area contributed by atoms with E-state index in [0.29, 0.717) is 0 Å². The van der Waals surface area contributed by atoms with Crippen LogP contribution in [0.3, 0.4) is 0 Å². The summed E-state index contributed by atoms with van der Waals surface area (Å²) in [6.45, 7) is 0. The maximum absolute atomic E-state index is 11.1. The topological polar surface area (TPSA) is 89.5 Å². The van der Waals surface area contributed by atoms with Gasteiger partial charge in [0.1, 0.15) is 5.75 Å². The van der Waals surface area contributed by atoms with Crippen LogP contribution in [-0.4, -0.2) is 30.2 Å². The molecule has 1 aromatic rings. The fraction of sp³-hybridized carbons (Fsp3) is 0.250. The van der Waals surface area contributed by atoms with Crippen LogP contribution in [0.1, 0.15) is 0 Å². The summed E-state index contributed by atoms with van der Waals surface area (Å²) < 4.78 is 51.4. The highest BCUT2D eigenvalue weighted by atomic mass is 35.7. The number of ether oxygens (including phenoxy) is 1.